The van der Waals surface area contributed by atoms with Gasteiger partial charge in [0.1, 0.15) is 5.76 Å². The van der Waals surface area contributed by atoms with E-state index in [0.717, 1.165) is 85.8 Å². The molecule has 5 heterocycles. The Morgan fingerprint density at radius 1 is 1.02 bits per heavy atom. The molecule has 8 heteroatoms. The maximum Gasteiger partial charge on any atom is 0.303 e. The number of aromatic nitrogens is 4. The van der Waals surface area contributed by atoms with E-state index in [-0.39, 0.29) is 24.0 Å². The lowest BCUT2D eigenvalue weighted by atomic mass is 9.86. The molecule has 1 aliphatic carbocycles. The van der Waals surface area contributed by atoms with E-state index in [1.807, 2.05) is 19.1 Å². The number of H-pyrrole nitrogens is 2. The number of carbonyl (C=O) groups is 1. The van der Waals surface area contributed by atoms with Crippen molar-refractivity contribution in [3.05, 3.63) is 69.1 Å². The molecule has 8 nitrogen and oxygen atoms in total. The van der Waals surface area contributed by atoms with E-state index in [1.54, 1.807) is 13.0 Å². The summed E-state index contributed by atoms with van der Waals surface area (Å²) in [5, 5.41) is 31.7. The summed E-state index contributed by atoms with van der Waals surface area (Å²) in [6, 6.07) is 6.11. The van der Waals surface area contributed by atoms with Crippen LogP contribution >= 0.6 is 0 Å². The van der Waals surface area contributed by atoms with Gasteiger partial charge in [0.2, 0.25) is 0 Å². The molecular formula is C35H40N4O4. The number of rotatable bonds is 7. The number of hydrogen-bond donors (Lipinski definition) is 5. The summed E-state index contributed by atoms with van der Waals surface area (Å²) in [6.45, 7) is 12.2. The lowest BCUT2D eigenvalue weighted by Gasteiger charge is -2.16. The molecule has 0 aromatic carbocycles. The second-order valence-corrected chi connectivity index (χ2v) is 12.2. The Morgan fingerprint density at radius 3 is 2.42 bits per heavy atom. The molecule has 43 heavy (non-hydrogen) atoms. The fourth-order valence-corrected chi connectivity index (χ4v) is 7.21. The number of aliphatic hydroxyl groups is 2. The second-order valence-electron chi connectivity index (χ2n) is 12.2. The largest absolute Gasteiger partial charge is 0.507 e. The average molecular weight is 581 g/mol. The Morgan fingerprint density at radius 2 is 1.74 bits per heavy atom. The Bertz CT molecular complexity index is 1830. The Kier molecular flexibility index (Phi) is 7.29. The fraction of sp³-hybridized carbons (Fsp3) is 0.400. The van der Waals surface area contributed by atoms with Gasteiger partial charge in [0.15, 0.2) is 0 Å². The fourth-order valence-electron chi connectivity index (χ4n) is 7.21. The second kappa shape index (κ2) is 10.8. The van der Waals surface area contributed by atoms with E-state index in [2.05, 4.69) is 43.7 Å². The van der Waals surface area contributed by atoms with Crippen LogP contribution < -0.4 is 0 Å². The van der Waals surface area contributed by atoms with Gasteiger partial charge >= 0.3 is 5.97 Å². The highest BCUT2D eigenvalue weighted by molar-refractivity contribution is 6.02. The van der Waals surface area contributed by atoms with Crippen molar-refractivity contribution >= 4 is 51.1 Å². The van der Waals surface area contributed by atoms with Crippen LogP contribution in [0.25, 0.3) is 45.2 Å². The van der Waals surface area contributed by atoms with E-state index in [0.29, 0.717) is 18.5 Å². The van der Waals surface area contributed by atoms with Crippen LogP contribution in [-0.2, 0) is 11.2 Å². The summed E-state index contributed by atoms with van der Waals surface area (Å²) in [7, 11) is 0. The van der Waals surface area contributed by atoms with Crippen molar-refractivity contribution in [2.75, 3.05) is 0 Å². The molecule has 8 bridgehead atoms. The van der Waals surface area contributed by atoms with Crippen molar-refractivity contribution in [3.63, 3.8) is 0 Å². The van der Waals surface area contributed by atoms with Crippen molar-refractivity contribution in [3.8, 4) is 0 Å². The Balaban J connectivity index is 1.76. The standard InChI is InChI=1S/C35H40N4O4/c1-7-9-21-16(3)24-14-29-32(19(6)40)18(5)26(37-29)13-25-17(4)22(10-11-31(42)43)34(38-25)23-12-30(41)33-20(8-2)27(39-35(23)33)15-28(21)36-24/h12-15,17,19,22,38-41H,7-11H2,1-6H3,(H,42,43)/t17-,19+,22-/m0/s1. The number of nitrogens with one attached hydrogen (secondary N) is 2. The molecule has 6 rings (SSSR count). The van der Waals surface area contributed by atoms with Crippen molar-refractivity contribution < 1.29 is 20.1 Å². The zero-order chi connectivity index (χ0) is 30.7. The normalized spacial score (nSPS) is 19.2. The quantitative estimate of drug-likeness (QED) is 0.227. The molecule has 0 saturated heterocycles. The van der Waals surface area contributed by atoms with Crippen LogP contribution in [0, 0.1) is 0 Å². The molecule has 0 amide bonds. The molecule has 0 unspecified atom stereocenters. The van der Waals surface area contributed by atoms with Crippen molar-refractivity contribution in [1.82, 2.24) is 19.9 Å². The van der Waals surface area contributed by atoms with Gasteiger partial charge in [-0.25, -0.2) is 9.97 Å². The molecule has 5 N–H and O–H groups in total. The number of fused-ring (bicyclic) bond motifs is 8. The smallest absolute Gasteiger partial charge is 0.303 e. The van der Waals surface area contributed by atoms with E-state index in [9.17, 15) is 20.1 Å². The van der Waals surface area contributed by atoms with E-state index in [1.165, 1.54) is 5.57 Å². The minimum Gasteiger partial charge on any atom is -0.507 e. The molecular weight excluding hydrogens is 540 g/mol. The van der Waals surface area contributed by atoms with Gasteiger partial charge in [-0.3, -0.25) is 4.79 Å². The summed E-state index contributed by atoms with van der Waals surface area (Å²) >= 11 is 0. The first kappa shape index (κ1) is 28.9. The highest BCUT2D eigenvalue weighted by atomic mass is 16.4. The predicted molar refractivity (Wildman–Crippen MR) is 172 cm³/mol. The Labute approximate surface area is 251 Å². The van der Waals surface area contributed by atoms with Crippen LogP contribution in [0.5, 0.6) is 0 Å². The third kappa shape index (κ3) is 4.68. The number of carboxylic acid groups (broad SMARTS) is 1. The SMILES string of the molecule is CCCC1=C(C)c2cc3nc(cc4[nH]c(c5c6[nH]c(cc1n2)c(CC)c6C(O)=C5)[C@@H](CCC(=O)O)[C@@H]4C)C(C)=C3[C@@H](C)O. The number of carboxylic acids is 1. The molecule has 0 radical (unpaired) electrons. The topological polar surface area (TPSA) is 135 Å². The van der Waals surface area contributed by atoms with Crippen LogP contribution in [0.1, 0.15) is 130 Å². The van der Waals surface area contributed by atoms with Crippen LogP contribution in [0.4, 0.5) is 0 Å². The highest BCUT2D eigenvalue weighted by Crippen LogP contribution is 2.46. The number of nitrogens with zero attached hydrogens (tertiary/aromatic N) is 2. The molecule has 2 aromatic rings. The Hall–Kier alpha value is -4.17. The first-order valence-electron chi connectivity index (χ1n) is 15.4. The van der Waals surface area contributed by atoms with Crippen molar-refractivity contribution in [2.24, 2.45) is 0 Å². The summed E-state index contributed by atoms with van der Waals surface area (Å²) in [5.74, 6) is -0.735. The van der Waals surface area contributed by atoms with Crippen LogP contribution in [0.2, 0.25) is 0 Å². The van der Waals surface area contributed by atoms with Crippen molar-refractivity contribution in [1.29, 1.82) is 0 Å². The van der Waals surface area contributed by atoms with E-state index < -0.39 is 12.1 Å². The molecule has 4 aliphatic rings. The number of allylic oxidation sites excluding steroid dienone is 3. The molecule has 3 aliphatic heterocycles. The van der Waals surface area contributed by atoms with Gasteiger partial charge in [-0.1, -0.05) is 27.2 Å². The summed E-state index contributed by atoms with van der Waals surface area (Å²) in [6.07, 6.45) is 4.14. The molecule has 0 spiro atoms. The summed E-state index contributed by atoms with van der Waals surface area (Å²) in [4.78, 5) is 29.0. The van der Waals surface area contributed by atoms with Gasteiger partial charge in [0, 0.05) is 51.9 Å². The number of aryl methyl sites for hydroxylation is 1. The van der Waals surface area contributed by atoms with Gasteiger partial charge in [0.25, 0.3) is 0 Å². The van der Waals surface area contributed by atoms with Crippen molar-refractivity contribution in [2.45, 2.75) is 91.6 Å². The molecule has 224 valence electrons. The first-order valence-corrected chi connectivity index (χ1v) is 15.4. The zero-order valence-electron chi connectivity index (χ0n) is 25.7. The molecule has 3 atom stereocenters. The van der Waals surface area contributed by atoms with Crippen LogP contribution in [-0.4, -0.2) is 47.3 Å². The lowest BCUT2D eigenvalue weighted by Crippen LogP contribution is -2.06. The van der Waals surface area contributed by atoms with Crippen LogP contribution in [0.15, 0.2) is 18.2 Å². The first-order chi connectivity index (χ1) is 20.5. The van der Waals surface area contributed by atoms with Gasteiger partial charge < -0.3 is 25.3 Å². The van der Waals surface area contributed by atoms with E-state index >= 15 is 0 Å². The van der Waals surface area contributed by atoms with Gasteiger partial charge in [-0.2, -0.15) is 0 Å². The number of aliphatic carboxylic acids is 1. The lowest BCUT2D eigenvalue weighted by molar-refractivity contribution is -0.137. The monoisotopic (exact) mass is 580 g/mol. The van der Waals surface area contributed by atoms with E-state index in [4.69, 9.17) is 9.97 Å². The minimum absolute atomic E-state index is 0.0139. The zero-order valence-corrected chi connectivity index (χ0v) is 25.7. The third-order valence-electron chi connectivity index (χ3n) is 9.46. The van der Waals surface area contributed by atoms with Gasteiger partial charge in [-0.05, 0) is 86.6 Å². The minimum atomic E-state index is -0.835. The maximum atomic E-state index is 11.7. The summed E-state index contributed by atoms with van der Waals surface area (Å²) < 4.78 is 0. The molecule has 0 saturated carbocycles. The number of hydrogen-bond acceptors (Lipinski definition) is 5. The highest BCUT2D eigenvalue weighted by Gasteiger charge is 2.33. The number of aliphatic hydroxyl groups excluding tert-OH is 2. The summed E-state index contributed by atoms with van der Waals surface area (Å²) in [5.41, 5.74) is 13.4. The average Bonchev–Trinajstić information content (AvgIpc) is 3.70. The van der Waals surface area contributed by atoms with Gasteiger partial charge in [-0.15, -0.1) is 0 Å². The number of aromatic amines is 2. The third-order valence-corrected chi connectivity index (χ3v) is 9.46. The van der Waals surface area contributed by atoms with Crippen LogP contribution in [0.3, 0.4) is 0 Å². The molecule has 2 aromatic heterocycles. The molecule has 0 fully saturated rings. The van der Waals surface area contributed by atoms with Gasteiger partial charge in [0.05, 0.1) is 34.4 Å². The maximum absolute atomic E-state index is 11.7. The predicted octanol–water partition coefficient (Wildman–Crippen LogP) is 7.76.